The maximum absolute atomic E-state index is 12.3. The van der Waals surface area contributed by atoms with Gasteiger partial charge in [0.2, 0.25) is 5.69 Å². The lowest BCUT2D eigenvalue weighted by Gasteiger charge is -2.26. The maximum atomic E-state index is 12.3. The summed E-state index contributed by atoms with van der Waals surface area (Å²) in [5, 5.41) is 23.3. The Morgan fingerprint density at radius 3 is 1.64 bits per heavy atom. The lowest BCUT2D eigenvalue weighted by Crippen LogP contribution is -2.08. The molecule has 0 aliphatic carbocycles. The van der Waals surface area contributed by atoms with Gasteiger partial charge in [-0.25, -0.2) is 4.85 Å². The highest BCUT2D eigenvalue weighted by molar-refractivity contribution is 7.27. The van der Waals surface area contributed by atoms with Crippen LogP contribution in [0.15, 0.2) is 192 Å². The molecule has 0 saturated carbocycles. The van der Waals surface area contributed by atoms with Gasteiger partial charge in [-0.3, -0.25) is 0 Å². The second kappa shape index (κ2) is 14.5. The number of aryl methyl sites for hydroxylation is 1. The zero-order chi connectivity index (χ0) is 46.4. The normalized spacial score (nSPS) is 12.0. The number of aromatic nitrogens is 2. The van der Waals surface area contributed by atoms with Crippen LogP contribution >= 0.6 is 22.7 Å². The molecule has 0 radical (unpaired) electrons. The summed E-state index contributed by atoms with van der Waals surface area (Å²) in [5.74, 6) is 0. The molecular formula is C63H34N4OS2. The Hall–Kier alpha value is -8.98. The van der Waals surface area contributed by atoms with E-state index in [1.807, 2.05) is 48.5 Å². The standard InChI is InChI=1S/C63H34N4OS2/c1-35-33-46-38-21-10-14-26-49(38)68-61(46)60-52(35)45-24-9-13-25-48(45)66(60)56-47(34-64)53(36-17-5-3-6-18-36)59(54(55(56)65-2)37-19-7-4-8-20-37)67-57-41(29-31-43-39-22-11-15-27-50(39)69-62(43)57)42-30-32-44-40-23-12-16-28-51(40)70-63(44)58(42)67/h3-33H,1H3. The fraction of sp³-hybridized carbons (Fsp3) is 0.0159. The Morgan fingerprint density at radius 1 is 0.500 bits per heavy atom. The molecule has 0 atom stereocenters. The molecule has 0 aliphatic rings. The van der Waals surface area contributed by atoms with E-state index in [4.69, 9.17) is 4.42 Å². The Bertz CT molecular complexity index is 4650. The quantitative estimate of drug-likeness (QED) is 0.165. The number of benzene rings is 10. The molecule has 15 aromatic rings. The molecule has 0 aliphatic heterocycles. The maximum Gasteiger partial charge on any atom is 0.221 e. The first-order valence-corrected chi connectivity index (χ1v) is 24.9. The van der Waals surface area contributed by atoms with Crippen LogP contribution in [0.2, 0.25) is 0 Å². The van der Waals surface area contributed by atoms with Crippen LogP contribution in [0.1, 0.15) is 11.1 Å². The van der Waals surface area contributed by atoms with Gasteiger partial charge in [-0.15, -0.1) is 22.7 Å². The number of furan rings is 1. The molecule has 7 heteroatoms. The highest BCUT2D eigenvalue weighted by Gasteiger charge is 2.34. The molecule has 0 unspecified atom stereocenters. The Labute approximate surface area is 407 Å². The van der Waals surface area contributed by atoms with E-state index in [0.717, 1.165) is 103 Å². The van der Waals surface area contributed by atoms with E-state index in [9.17, 15) is 11.8 Å². The number of hydrogen-bond acceptors (Lipinski definition) is 4. The van der Waals surface area contributed by atoms with Gasteiger partial charge in [0.15, 0.2) is 5.58 Å². The van der Waals surface area contributed by atoms with Gasteiger partial charge in [0.25, 0.3) is 0 Å². The summed E-state index contributed by atoms with van der Waals surface area (Å²) in [6.07, 6.45) is 0. The van der Waals surface area contributed by atoms with Crippen molar-refractivity contribution in [2.75, 3.05) is 0 Å². The molecule has 324 valence electrons. The van der Waals surface area contributed by atoms with Gasteiger partial charge < -0.3 is 13.6 Å². The molecule has 0 amide bonds. The molecule has 0 fully saturated rings. The van der Waals surface area contributed by atoms with Crippen molar-refractivity contribution in [2.45, 2.75) is 6.92 Å². The predicted molar refractivity (Wildman–Crippen MR) is 295 cm³/mol. The molecule has 15 rings (SSSR count). The minimum atomic E-state index is 0.382. The zero-order valence-electron chi connectivity index (χ0n) is 37.4. The van der Waals surface area contributed by atoms with Gasteiger partial charge in [0, 0.05) is 74.4 Å². The minimum absolute atomic E-state index is 0.382. The highest BCUT2D eigenvalue weighted by Crippen LogP contribution is 2.55. The number of fused-ring (bicyclic) bond motifs is 18. The van der Waals surface area contributed by atoms with Crippen molar-refractivity contribution in [3.63, 3.8) is 0 Å². The van der Waals surface area contributed by atoms with Crippen LogP contribution in [-0.4, -0.2) is 9.13 Å². The van der Waals surface area contributed by atoms with E-state index in [-0.39, 0.29) is 0 Å². The first kappa shape index (κ1) is 39.1. The summed E-state index contributed by atoms with van der Waals surface area (Å²) in [7, 11) is 0. The Balaban J connectivity index is 1.24. The molecule has 0 spiro atoms. The van der Waals surface area contributed by atoms with Crippen molar-refractivity contribution in [3.05, 3.63) is 211 Å². The van der Waals surface area contributed by atoms with Gasteiger partial charge in [0.1, 0.15) is 11.7 Å². The molecule has 0 saturated heterocycles. The summed E-state index contributed by atoms with van der Waals surface area (Å²) >= 11 is 3.60. The number of para-hydroxylation sites is 2. The number of hydrogen-bond donors (Lipinski definition) is 0. The summed E-state index contributed by atoms with van der Waals surface area (Å²) < 4.78 is 16.3. The fourth-order valence-corrected chi connectivity index (χ4v) is 14.1. The zero-order valence-corrected chi connectivity index (χ0v) is 39.0. The second-order valence-electron chi connectivity index (χ2n) is 18.1. The predicted octanol–water partition coefficient (Wildman–Crippen LogP) is 18.6. The summed E-state index contributed by atoms with van der Waals surface area (Å²) in [6, 6.07) is 68.7. The van der Waals surface area contributed by atoms with E-state index in [0.29, 0.717) is 22.5 Å². The third-order valence-electron chi connectivity index (χ3n) is 14.5. The van der Waals surface area contributed by atoms with E-state index in [2.05, 4.69) is 166 Å². The van der Waals surface area contributed by atoms with E-state index >= 15 is 0 Å². The van der Waals surface area contributed by atoms with Crippen LogP contribution in [0.25, 0.3) is 144 Å². The molecule has 5 nitrogen and oxygen atoms in total. The fourth-order valence-electron chi connectivity index (χ4n) is 11.7. The van der Waals surface area contributed by atoms with Crippen LogP contribution in [0.3, 0.4) is 0 Å². The van der Waals surface area contributed by atoms with Crippen LogP contribution in [0.4, 0.5) is 5.69 Å². The molecular weight excluding hydrogens is 893 g/mol. The summed E-state index contributed by atoms with van der Waals surface area (Å²) in [4.78, 5) is 4.67. The number of nitrogens with zero attached hydrogens (tertiary/aromatic N) is 4. The van der Waals surface area contributed by atoms with Gasteiger partial charge in [-0.1, -0.05) is 158 Å². The van der Waals surface area contributed by atoms with E-state index in [1.54, 1.807) is 22.7 Å². The van der Waals surface area contributed by atoms with Crippen molar-refractivity contribution >= 4 is 134 Å². The molecule has 10 aromatic carbocycles. The van der Waals surface area contributed by atoms with E-state index < -0.39 is 0 Å². The van der Waals surface area contributed by atoms with Gasteiger partial charge in [-0.2, -0.15) is 5.26 Å². The average molecular weight is 927 g/mol. The monoisotopic (exact) mass is 926 g/mol. The third kappa shape index (κ3) is 5.12. The number of rotatable bonds is 4. The number of thiophene rings is 2. The van der Waals surface area contributed by atoms with Crippen LogP contribution < -0.4 is 0 Å². The Kier molecular flexibility index (Phi) is 8.10. The van der Waals surface area contributed by atoms with Crippen LogP contribution in [0.5, 0.6) is 0 Å². The van der Waals surface area contributed by atoms with Crippen molar-refractivity contribution in [3.8, 4) is 39.7 Å². The SMILES string of the molecule is [C-]#[N+]c1c(-c2ccccc2)c(-n2c3c(ccc4c5ccccc5sc43)c3ccc4c5ccccc5sc4c32)c(-c2ccccc2)c(C#N)c1-n1c2ccccc2c2c(C)cc3c4ccccc4oc3c21. The van der Waals surface area contributed by atoms with Crippen molar-refractivity contribution < 1.29 is 4.42 Å². The van der Waals surface area contributed by atoms with Gasteiger partial charge in [0.05, 0.1) is 55.0 Å². The molecule has 5 aromatic heterocycles. The molecule has 5 heterocycles. The minimum Gasteiger partial charge on any atom is -0.454 e. The third-order valence-corrected chi connectivity index (χ3v) is 16.9. The van der Waals surface area contributed by atoms with E-state index in [1.165, 1.54) is 30.9 Å². The largest absolute Gasteiger partial charge is 0.454 e. The highest BCUT2D eigenvalue weighted by atomic mass is 32.1. The van der Waals surface area contributed by atoms with Crippen molar-refractivity contribution in [2.24, 2.45) is 0 Å². The lowest BCUT2D eigenvalue weighted by atomic mass is 9.88. The van der Waals surface area contributed by atoms with Gasteiger partial charge in [-0.05, 0) is 53.9 Å². The Morgan fingerprint density at radius 2 is 1.03 bits per heavy atom. The molecule has 70 heavy (non-hydrogen) atoms. The first-order chi connectivity index (χ1) is 34.6. The summed E-state index contributed by atoms with van der Waals surface area (Å²) in [6.45, 7) is 11.7. The molecule has 0 bridgehead atoms. The van der Waals surface area contributed by atoms with Crippen molar-refractivity contribution in [1.29, 1.82) is 5.26 Å². The summed E-state index contributed by atoms with van der Waals surface area (Å²) in [5.41, 5.74) is 11.8. The molecule has 0 N–H and O–H groups in total. The average Bonchev–Trinajstić information content (AvgIpc) is 4.24. The first-order valence-electron chi connectivity index (χ1n) is 23.3. The van der Waals surface area contributed by atoms with Crippen molar-refractivity contribution in [1.82, 2.24) is 9.13 Å². The van der Waals surface area contributed by atoms with Crippen LogP contribution in [0, 0.1) is 24.8 Å². The lowest BCUT2D eigenvalue weighted by molar-refractivity contribution is 0.671. The second-order valence-corrected chi connectivity index (χ2v) is 20.2. The number of nitriles is 1. The smallest absolute Gasteiger partial charge is 0.221 e. The topological polar surface area (TPSA) is 51.1 Å². The van der Waals surface area contributed by atoms with Crippen LogP contribution in [-0.2, 0) is 0 Å². The van der Waals surface area contributed by atoms with Gasteiger partial charge >= 0.3 is 0 Å².